The van der Waals surface area contributed by atoms with Gasteiger partial charge in [-0.1, -0.05) is 0 Å². The van der Waals surface area contributed by atoms with E-state index in [0.29, 0.717) is 11.9 Å². The van der Waals surface area contributed by atoms with Crippen LogP contribution in [0.1, 0.15) is 15.9 Å². The minimum absolute atomic E-state index is 0.220. The van der Waals surface area contributed by atoms with Crippen LogP contribution in [0, 0.1) is 3.57 Å². The third kappa shape index (κ3) is 2.74. The van der Waals surface area contributed by atoms with Crippen LogP contribution < -0.4 is 5.43 Å². The highest BCUT2D eigenvalue weighted by Crippen LogP contribution is 2.17. The van der Waals surface area contributed by atoms with E-state index in [4.69, 9.17) is 0 Å². The number of carbonyl (C=O) groups is 1. The fraction of sp³-hybridized carbons (Fsp3) is 0.0625. The quantitative estimate of drug-likeness (QED) is 0.680. The van der Waals surface area contributed by atoms with Crippen LogP contribution in [-0.2, 0) is 6.54 Å². The lowest BCUT2D eigenvalue weighted by Gasteiger charge is -2.12. The SMILES string of the molecule is O=C(O)c1cn(Cc2ccncc2)c2cc(I)ccc2c1=O. The van der Waals surface area contributed by atoms with E-state index in [1.165, 1.54) is 6.20 Å². The molecule has 3 aromatic rings. The molecule has 110 valence electrons. The minimum Gasteiger partial charge on any atom is -0.477 e. The summed E-state index contributed by atoms with van der Waals surface area (Å²) in [5, 5.41) is 9.66. The molecule has 5 nitrogen and oxygen atoms in total. The number of pyridine rings is 2. The van der Waals surface area contributed by atoms with Gasteiger partial charge < -0.3 is 9.67 Å². The average molecular weight is 406 g/mol. The molecular formula is C16H11IN2O3. The lowest BCUT2D eigenvalue weighted by molar-refractivity contribution is 0.0695. The van der Waals surface area contributed by atoms with Gasteiger partial charge in [-0.15, -0.1) is 0 Å². The van der Waals surface area contributed by atoms with Crippen LogP contribution in [0.25, 0.3) is 10.9 Å². The smallest absolute Gasteiger partial charge is 0.341 e. The Bertz CT molecular complexity index is 920. The Morgan fingerprint density at radius 1 is 1.23 bits per heavy atom. The maximum Gasteiger partial charge on any atom is 0.341 e. The van der Waals surface area contributed by atoms with Crippen LogP contribution in [0.15, 0.2) is 53.7 Å². The van der Waals surface area contributed by atoms with Gasteiger partial charge in [0.05, 0.1) is 5.52 Å². The molecule has 3 rings (SSSR count). The van der Waals surface area contributed by atoms with E-state index in [1.54, 1.807) is 29.1 Å². The van der Waals surface area contributed by atoms with E-state index in [-0.39, 0.29) is 5.56 Å². The number of aromatic nitrogens is 2. The average Bonchev–Trinajstić information content (AvgIpc) is 2.50. The Labute approximate surface area is 139 Å². The first-order valence-corrected chi connectivity index (χ1v) is 7.59. The molecule has 0 aliphatic carbocycles. The largest absolute Gasteiger partial charge is 0.477 e. The normalized spacial score (nSPS) is 10.8. The highest BCUT2D eigenvalue weighted by Gasteiger charge is 2.14. The third-order valence-corrected chi connectivity index (χ3v) is 4.05. The van der Waals surface area contributed by atoms with Crippen LogP contribution in [0.5, 0.6) is 0 Å². The number of fused-ring (bicyclic) bond motifs is 1. The van der Waals surface area contributed by atoms with Crippen molar-refractivity contribution in [1.29, 1.82) is 0 Å². The molecule has 0 spiro atoms. The number of hydrogen-bond donors (Lipinski definition) is 1. The summed E-state index contributed by atoms with van der Waals surface area (Å²) in [5.74, 6) is -1.21. The fourth-order valence-corrected chi connectivity index (χ4v) is 2.81. The van der Waals surface area contributed by atoms with Gasteiger partial charge in [-0.3, -0.25) is 9.78 Å². The molecule has 0 atom stereocenters. The zero-order valence-corrected chi connectivity index (χ0v) is 13.5. The molecule has 2 heterocycles. The second-order valence-corrected chi connectivity index (χ2v) is 6.07. The number of benzene rings is 1. The van der Waals surface area contributed by atoms with Crippen molar-refractivity contribution in [2.75, 3.05) is 0 Å². The van der Waals surface area contributed by atoms with E-state index < -0.39 is 11.4 Å². The predicted octanol–water partition coefficient (Wildman–Crippen LogP) is 2.75. The number of halogens is 1. The Morgan fingerprint density at radius 2 is 1.95 bits per heavy atom. The lowest BCUT2D eigenvalue weighted by atomic mass is 10.1. The van der Waals surface area contributed by atoms with Gasteiger partial charge >= 0.3 is 5.97 Å². The fourth-order valence-electron chi connectivity index (χ4n) is 2.33. The van der Waals surface area contributed by atoms with Crippen LogP contribution >= 0.6 is 22.6 Å². The van der Waals surface area contributed by atoms with E-state index in [0.717, 1.165) is 14.7 Å². The minimum atomic E-state index is -1.21. The molecule has 0 aliphatic heterocycles. The van der Waals surface area contributed by atoms with Gasteiger partial charge in [0.25, 0.3) is 0 Å². The van der Waals surface area contributed by atoms with Gasteiger partial charge in [-0.2, -0.15) is 0 Å². The second kappa shape index (κ2) is 5.88. The summed E-state index contributed by atoms with van der Waals surface area (Å²) in [6.07, 6.45) is 4.77. The molecule has 2 aromatic heterocycles. The molecule has 0 fully saturated rings. The molecule has 0 saturated heterocycles. The summed E-state index contributed by atoms with van der Waals surface area (Å²) >= 11 is 2.17. The first kappa shape index (κ1) is 14.7. The van der Waals surface area contributed by atoms with Crippen molar-refractivity contribution in [3.63, 3.8) is 0 Å². The maximum atomic E-state index is 12.3. The topological polar surface area (TPSA) is 72.2 Å². The van der Waals surface area contributed by atoms with Gasteiger partial charge in [0.15, 0.2) is 0 Å². The molecule has 6 heteroatoms. The summed E-state index contributed by atoms with van der Waals surface area (Å²) in [6, 6.07) is 9.07. The molecule has 1 aromatic carbocycles. The van der Waals surface area contributed by atoms with Gasteiger partial charge in [0, 0.05) is 34.1 Å². The molecule has 1 N–H and O–H groups in total. The van der Waals surface area contributed by atoms with Gasteiger partial charge in [-0.25, -0.2) is 4.79 Å². The first-order chi connectivity index (χ1) is 10.6. The lowest BCUT2D eigenvalue weighted by Crippen LogP contribution is -2.19. The van der Waals surface area contributed by atoms with E-state index in [2.05, 4.69) is 27.6 Å². The van der Waals surface area contributed by atoms with Crippen LogP contribution in [0.4, 0.5) is 0 Å². The third-order valence-electron chi connectivity index (χ3n) is 3.38. The standard InChI is InChI=1S/C16H11IN2O3/c17-11-1-2-12-14(7-11)19(8-10-3-5-18-6-4-10)9-13(15(12)20)16(21)22/h1-7,9H,8H2,(H,21,22). The van der Waals surface area contributed by atoms with Crippen molar-refractivity contribution in [2.45, 2.75) is 6.54 Å². The van der Waals surface area contributed by atoms with Crippen LogP contribution in [0.3, 0.4) is 0 Å². The van der Waals surface area contributed by atoms with Crippen molar-refractivity contribution in [3.05, 3.63) is 73.8 Å². The Balaban J connectivity index is 2.27. The molecule has 0 unspecified atom stereocenters. The van der Waals surface area contributed by atoms with Gasteiger partial charge in [0.2, 0.25) is 5.43 Å². The summed E-state index contributed by atoms with van der Waals surface area (Å²) in [6.45, 7) is 0.472. The van der Waals surface area contributed by atoms with E-state index in [9.17, 15) is 14.7 Å². The highest BCUT2D eigenvalue weighted by molar-refractivity contribution is 14.1. The number of rotatable bonds is 3. The number of hydrogen-bond acceptors (Lipinski definition) is 3. The molecule has 0 radical (unpaired) electrons. The number of aromatic carboxylic acids is 1. The van der Waals surface area contributed by atoms with Crippen molar-refractivity contribution in [3.8, 4) is 0 Å². The van der Waals surface area contributed by atoms with Crippen molar-refractivity contribution >= 4 is 39.5 Å². The zero-order valence-electron chi connectivity index (χ0n) is 11.4. The number of carboxylic acid groups (broad SMARTS) is 1. The molecule has 0 amide bonds. The Morgan fingerprint density at radius 3 is 2.64 bits per heavy atom. The number of carboxylic acids is 1. The molecule has 0 bridgehead atoms. The van der Waals surface area contributed by atoms with Crippen molar-refractivity contribution in [1.82, 2.24) is 9.55 Å². The predicted molar refractivity (Wildman–Crippen MR) is 91.2 cm³/mol. The molecular weight excluding hydrogens is 395 g/mol. The van der Waals surface area contributed by atoms with E-state index >= 15 is 0 Å². The Hall–Kier alpha value is -2.22. The number of nitrogens with zero attached hydrogens (tertiary/aromatic N) is 2. The summed E-state index contributed by atoms with van der Waals surface area (Å²) in [4.78, 5) is 27.6. The molecule has 0 aliphatic rings. The summed E-state index contributed by atoms with van der Waals surface area (Å²) in [7, 11) is 0. The van der Waals surface area contributed by atoms with E-state index in [1.807, 2.05) is 18.2 Å². The van der Waals surface area contributed by atoms with Crippen LogP contribution in [0.2, 0.25) is 0 Å². The zero-order chi connectivity index (χ0) is 15.7. The monoisotopic (exact) mass is 406 g/mol. The maximum absolute atomic E-state index is 12.3. The Kier molecular flexibility index (Phi) is 3.93. The summed E-state index contributed by atoms with van der Waals surface area (Å²) < 4.78 is 2.77. The van der Waals surface area contributed by atoms with Crippen LogP contribution in [-0.4, -0.2) is 20.6 Å². The van der Waals surface area contributed by atoms with Crippen molar-refractivity contribution < 1.29 is 9.90 Å². The second-order valence-electron chi connectivity index (χ2n) is 4.82. The molecule has 0 saturated carbocycles. The van der Waals surface area contributed by atoms with Gasteiger partial charge in [0.1, 0.15) is 5.56 Å². The first-order valence-electron chi connectivity index (χ1n) is 6.51. The highest BCUT2D eigenvalue weighted by atomic mass is 127. The van der Waals surface area contributed by atoms with Crippen molar-refractivity contribution in [2.24, 2.45) is 0 Å². The summed E-state index contributed by atoms with van der Waals surface area (Å²) in [5.41, 5.74) is 1.03. The molecule has 22 heavy (non-hydrogen) atoms. The van der Waals surface area contributed by atoms with Gasteiger partial charge in [-0.05, 0) is 58.5 Å².